The van der Waals surface area contributed by atoms with E-state index in [-0.39, 0.29) is 17.7 Å². The summed E-state index contributed by atoms with van der Waals surface area (Å²) in [5, 5.41) is 8.86. The molecule has 0 spiro atoms. The third kappa shape index (κ3) is 3.44. The molecule has 1 aliphatic rings. The Bertz CT molecular complexity index is 478. The van der Waals surface area contributed by atoms with Gasteiger partial charge >= 0.3 is 5.97 Å². The fraction of sp³-hybridized carbons (Fsp3) is 0.500. The molecule has 1 aliphatic carbocycles. The van der Waals surface area contributed by atoms with Gasteiger partial charge in [0.05, 0.1) is 13.0 Å². The Morgan fingerprint density at radius 1 is 1.58 bits per heavy atom. The molecular formula is C14H18FNO3. The zero-order valence-corrected chi connectivity index (χ0v) is 11.1. The molecule has 0 heterocycles. The Morgan fingerprint density at radius 3 is 2.89 bits per heavy atom. The third-order valence-corrected chi connectivity index (χ3v) is 3.47. The second-order valence-electron chi connectivity index (χ2n) is 5.09. The maximum absolute atomic E-state index is 13.2. The summed E-state index contributed by atoms with van der Waals surface area (Å²) in [6.45, 7) is 1.25. The molecule has 5 heteroatoms. The van der Waals surface area contributed by atoms with Crippen molar-refractivity contribution in [2.75, 3.05) is 20.7 Å². The van der Waals surface area contributed by atoms with Crippen molar-refractivity contribution in [2.45, 2.75) is 13.0 Å². The number of hydrogen-bond acceptors (Lipinski definition) is 3. The highest BCUT2D eigenvalue weighted by molar-refractivity contribution is 5.73. The van der Waals surface area contributed by atoms with Crippen molar-refractivity contribution in [3.63, 3.8) is 0 Å². The average molecular weight is 267 g/mol. The van der Waals surface area contributed by atoms with Crippen molar-refractivity contribution in [3.8, 4) is 5.75 Å². The first-order valence-electron chi connectivity index (χ1n) is 6.25. The number of carboxylic acids is 1. The molecule has 19 heavy (non-hydrogen) atoms. The van der Waals surface area contributed by atoms with Crippen LogP contribution in [0.3, 0.4) is 0 Å². The van der Waals surface area contributed by atoms with Crippen molar-refractivity contribution in [2.24, 2.45) is 11.8 Å². The fourth-order valence-corrected chi connectivity index (χ4v) is 2.38. The second-order valence-corrected chi connectivity index (χ2v) is 5.09. The van der Waals surface area contributed by atoms with Crippen LogP contribution in [0.5, 0.6) is 5.75 Å². The summed E-state index contributed by atoms with van der Waals surface area (Å²) in [6.07, 6.45) is 0.736. The SMILES string of the molecule is COc1ccc(F)cc1CN(C)CC1CC1C(=O)O. The van der Waals surface area contributed by atoms with Gasteiger partial charge in [0.1, 0.15) is 11.6 Å². The van der Waals surface area contributed by atoms with Crippen LogP contribution in [0, 0.1) is 17.7 Å². The first kappa shape index (κ1) is 13.8. The van der Waals surface area contributed by atoms with Gasteiger partial charge in [-0.3, -0.25) is 4.79 Å². The smallest absolute Gasteiger partial charge is 0.306 e. The zero-order valence-electron chi connectivity index (χ0n) is 11.1. The van der Waals surface area contributed by atoms with Gasteiger partial charge in [0.15, 0.2) is 0 Å². The maximum Gasteiger partial charge on any atom is 0.306 e. The molecule has 1 aromatic carbocycles. The van der Waals surface area contributed by atoms with Crippen LogP contribution < -0.4 is 4.74 Å². The summed E-state index contributed by atoms with van der Waals surface area (Å²) in [7, 11) is 3.46. The van der Waals surface area contributed by atoms with Gasteiger partial charge in [-0.15, -0.1) is 0 Å². The number of rotatable bonds is 6. The predicted octanol–water partition coefficient (Wildman–Crippen LogP) is 1.99. The number of ether oxygens (including phenoxy) is 1. The molecule has 104 valence electrons. The molecule has 1 fully saturated rings. The van der Waals surface area contributed by atoms with Crippen molar-refractivity contribution in [3.05, 3.63) is 29.6 Å². The minimum Gasteiger partial charge on any atom is -0.496 e. The number of nitrogens with zero attached hydrogens (tertiary/aromatic N) is 1. The van der Waals surface area contributed by atoms with Gasteiger partial charge in [-0.25, -0.2) is 4.39 Å². The molecule has 4 nitrogen and oxygen atoms in total. The molecule has 0 bridgehead atoms. The van der Waals surface area contributed by atoms with E-state index in [1.54, 1.807) is 13.2 Å². The number of carboxylic acid groups (broad SMARTS) is 1. The number of methoxy groups -OCH3 is 1. The normalized spacial score (nSPS) is 21.5. The first-order chi connectivity index (χ1) is 9.01. The van der Waals surface area contributed by atoms with E-state index in [0.717, 1.165) is 12.0 Å². The van der Waals surface area contributed by atoms with Gasteiger partial charge in [-0.1, -0.05) is 0 Å². The summed E-state index contributed by atoms with van der Waals surface area (Å²) in [5.74, 6) is -0.362. The van der Waals surface area contributed by atoms with Crippen LogP contribution in [0.4, 0.5) is 4.39 Å². The minimum absolute atomic E-state index is 0.210. The highest BCUT2D eigenvalue weighted by Gasteiger charge is 2.43. The summed E-state index contributed by atoms with van der Waals surface area (Å²) >= 11 is 0. The van der Waals surface area contributed by atoms with Crippen LogP contribution in [0.15, 0.2) is 18.2 Å². The number of benzene rings is 1. The second kappa shape index (κ2) is 5.57. The number of aliphatic carboxylic acids is 1. The summed E-state index contributed by atoms with van der Waals surface area (Å²) in [4.78, 5) is 12.8. The van der Waals surface area contributed by atoms with Crippen molar-refractivity contribution >= 4 is 5.97 Å². The Labute approximate surface area is 111 Å². The van der Waals surface area contributed by atoms with E-state index in [9.17, 15) is 9.18 Å². The Morgan fingerprint density at radius 2 is 2.32 bits per heavy atom. The number of halogens is 1. The van der Waals surface area contributed by atoms with Gasteiger partial charge in [-0.2, -0.15) is 0 Å². The molecule has 1 aromatic rings. The first-order valence-corrected chi connectivity index (χ1v) is 6.25. The van der Waals surface area contributed by atoms with E-state index in [1.807, 2.05) is 11.9 Å². The molecule has 0 aliphatic heterocycles. The number of carbonyl (C=O) groups is 1. The molecule has 2 unspecified atom stereocenters. The Hall–Kier alpha value is -1.62. The molecule has 2 rings (SSSR count). The zero-order chi connectivity index (χ0) is 14.0. The van der Waals surface area contributed by atoms with E-state index < -0.39 is 5.97 Å². The lowest BCUT2D eigenvalue weighted by Crippen LogP contribution is -2.22. The van der Waals surface area contributed by atoms with Gasteiger partial charge in [0.2, 0.25) is 0 Å². The quantitative estimate of drug-likeness (QED) is 0.856. The lowest BCUT2D eigenvalue weighted by Gasteiger charge is -2.18. The third-order valence-electron chi connectivity index (χ3n) is 3.47. The molecule has 1 N–H and O–H groups in total. The van der Waals surface area contributed by atoms with Crippen LogP contribution in [-0.4, -0.2) is 36.7 Å². The molecular weight excluding hydrogens is 249 g/mol. The maximum atomic E-state index is 13.2. The van der Waals surface area contributed by atoms with Crippen LogP contribution in [0.1, 0.15) is 12.0 Å². The van der Waals surface area contributed by atoms with Crippen molar-refractivity contribution < 1.29 is 19.0 Å². The van der Waals surface area contributed by atoms with Crippen LogP contribution >= 0.6 is 0 Å². The Kier molecular flexibility index (Phi) is 4.04. The standard InChI is InChI=1S/C14H18FNO3/c1-16(7-9-6-12(9)14(17)18)8-10-5-11(15)3-4-13(10)19-2/h3-5,9,12H,6-8H2,1-2H3,(H,17,18). The predicted molar refractivity (Wildman–Crippen MR) is 68.5 cm³/mol. The summed E-state index contributed by atoms with van der Waals surface area (Å²) in [6, 6.07) is 4.43. The van der Waals surface area contributed by atoms with Crippen molar-refractivity contribution in [1.29, 1.82) is 0 Å². The molecule has 0 radical (unpaired) electrons. The molecule has 0 amide bonds. The average Bonchev–Trinajstić information content (AvgIpc) is 3.08. The highest BCUT2D eigenvalue weighted by Crippen LogP contribution is 2.39. The van der Waals surface area contributed by atoms with Gasteiger partial charge in [0, 0.05) is 18.7 Å². The van der Waals surface area contributed by atoms with E-state index in [2.05, 4.69) is 0 Å². The lowest BCUT2D eigenvalue weighted by molar-refractivity contribution is -0.138. The summed E-state index contributed by atoms with van der Waals surface area (Å²) < 4.78 is 18.4. The lowest BCUT2D eigenvalue weighted by atomic mass is 10.1. The largest absolute Gasteiger partial charge is 0.496 e. The van der Waals surface area contributed by atoms with E-state index in [4.69, 9.17) is 9.84 Å². The monoisotopic (exact) mass is 267 g/mol. The fourth-order valence-electron chi connectivity index (χ4n) is 2.38. The number of hydrogen-bond donors (Lipinski definition) is 1. The van der Waals surface area contributed by atoms with Gasteiger partial charge in [-0.05, 0) is 37.6 Å². The van der Waals surface area contributed by atoms with E-state index >= 15 is 0 Å². The molecule has 0 aromatic heterocycles. The van der Waals surface area contributed by atoms with Crippen LogP contribution in [0.2, 0.25) is 0 Å². The topological polar surface area (TPSA) is 49.8 Å². The molecule has 0 saturated heterocycles. The van der Waals surface area contributed by atoms with Crippen LogP contribution in [0.25, 0.3) is 0 Å². The molecule has 2 atom stereocenters. The molecule has 1 saturated carbocycles. The van der Waals surface area contributed by atoms with Gasteiger partial charge < -0.3 is 14.7 Å². The Balaban J connectivity index is 1.94. The highest BCUT2D eigenvalue weighted by atomic mass is 19.1. The van der Waals surface area contributed by atoms with Gasteiger partial charge in [0.25, 0.3) is 0 Å². The van der Waals surface area contributed by atoms with Crippen LogP contribution in [-0.2, 0) is 11.3 Å². The minimum atomic E-state index is -0.721. The van der Waals surface area contributed by atoms with Crippen molar-refractivity contribution in [1.82, 2.24) is 4.90 Å². The summed E-state index contributed by atoms with van der Waals surface area (Å²) in [5.41, 5.74) is 0.775. The van der Waals surface area contributed by atoms with E-state index in [0.29, 0.717) is 18.8 Å². The van der Waals surface area contributed by atoms with E-state index in [1.165, 1.54) is 12.1 Å².